The van der Waals surface area contributed by atoms with E-state index in [2.05, 4.69) is 162 Å². The molecule has 0 radical (unpaired) electrons. The SMILES string of the molecule is Cc1cccc(-c2ccc(-c3cc4c(c5ccccc35)c3ccc(-c5cccc6ccccc56)cc3n4-c3ccccc3)cc2)n1. The molecule has 0 aliphatic heterocycles. The molecule has 0 unspecified atom stereocenters. The monoisotopic (exact) mass is 586 g/mol. The zero-order valence-electron chi connectivity index (χ0n) is 25.5. The van der Waals surface area contributed by atoms with Gasteiger partial charge in [-0.15, -0.1) is 0 Å². The van der Waals surface area contributed by atoms with Crippen LogP contribution in [0.5, 0.6) is 0 Å². The molecule has 2 heterocycles. The van der Waals surface area contributed by atoms with Gasteiger partial charge in [-0.05, 0) is 87.1 Å². The van der Waals surface area contributed by atoms with Crippen LogP contribution in [0.3, 0.4) is 0 Å². The van der Waals surface area contributed by atoms with Crippen LogP contribution in [0.15, 0.2) is 164 Å². The van der Waals surface area contributed by atoms with Crippen LogP contribution in [-0.4, -0.2) is 9.55 Å². The quantitative estimate of drug-likeness (QED) is 0.201. The van der Waals surface area contributed by atoms with Crippen molar-refractivity contribution >= 4 is 43.4 Å². The molecule has 2 heteroatoms. The summed E-state index contributed by atoms with van der Waals surface area (Å²) in [4.78, 5) is 4.75. The highest BCUT2D eigenvalue weighted by atomic mass is 15.0. The van der Waals surface area contributed by atoms with Crippen LogP contribution < -0.4 is 0 Å². The molecule has 0 bridgehead atoms. The van der Waals surface area contributed by atoms with Gasteiger partial charge in [0.05, 0.1) is 16.7 Å². The van der Waals surface area contributed by atoms with Crippen molar-refractivity contribution in [3.05, 3.63) is 169 Å². The predicted molar refractivity (Wildman–Crippen MR) is 195 cm³/mol. The topological polar surface area (TPSA) is 17.8 Å². The smallest absolute Gasteiger partial charge is 0.0705 e. The fraction of sp³-hybridized carbons (Fsp3) is 0.0227. The molecule has 2 aromatic heterocycles. The Balaban J connectivity index is 1.33. The molecule has 0 fully saturated rings. The second kappa shape index (κ2) is 10.6. The molecule has 0 atom stereocenters. The lowest BCUT2D eigenvalue weighted by atomic mass is 9.93. The van der Waals surface area contributed by atoms with E-state index in [0.29, 0.717) is 0 Å². The molecule has 0 N–H and O–H groups in total. The number of pyridine rings is 1. The fourth-order valence-corrected chi connectivity index (χ4v) is 7.14. The number of aromatic nitrogens is 2. The number of nitrogens with zero attached hydrogens (tertiary/aromatic N) is 2. The van der Waals surface area contributed by atoms with Gasteiger partial charge in [0.1, 0.15) is 0 Å². The highest BCUT2D eigenvalue weighted by molar-refractivity contribution is 6.24. The van der Waals surface area contributed by atoms with E-state index in [-0.39, 0.29) is 0 Å². The second-order valence-electron chi connectivity index (χ2n) is 12.0. The Labute approximate surface area is 267 Å². The first kappa shape index (κ1) is 26.4. The first-order chi connectivity index (χ1) is 22.7. The lowest BCUT2D eigenvalue weighted by Crippen LogP contribution is -1.94. The third-order valence-corrected chi connectivity index (χ3v) is 9.27. The van der Waals surface area contributed by atoms with Crippen molar-refractivity contribution in [1.29, 1.82) is 0 Å². The summed E-state index contributed by atoms with van der Waals surface area (Å²) in [5.41, 5.74) is 11.6. The van der Waals surface area contributed by atoms with Gasteiger partial charge in [-0.25, -0.2) is 0 Å². The summed E-state index contributed by atoms with van der Waals surface area (Å²) in [5.74, 6) is 0. The summed E-state index contributed by atoms with van der Waals surface area (Å²) < 4.78 is 2.44. The van der Waals surface area contributed by atoms with Crippen LogP contribution in [0.4, 0.5) is 0 Å². The molecule has 9 aromatic rings. The van der Waals surface area contributed by atoms with Crippen molar-refractivity contribution in [3.8, 4) is 39.2 Å². The highest BCUT2D eigenvalue weighted by Gasteiger charge is 2.19. The van der Waals surface area contributed by atoms with E-state index in [4.69, 9.17) is 4.98 Å². The molecule has 0 spiro atoms. The molecule has 0 aliphatic rings. The summed E-state index contributed by atoms with van der Waals surface area (Å²) in [5, 5.41) is 7.57. The zero-order valence-corrected chi connectivity index (χ0v) is 25.5. The van der Waals surface area contributed by atoms with Crippen molar-refractivity contribution in [2.45, 2.75) is 6.92 Å². The molecule has 0 amide bonds. The number of para-hydroxylation sites is 1. The van der Waals surface area contributed by atoms with Crippen LogP contribution >= 0.6 is 0 Å². The third-order valence-electron chi connectivity index (χ3n) is 9.27. The Morgan fingerprint density at radius 3 is 1.93 bits per heavy atom. The van der Waals surface area contributed by atoms with Gasteiger partial charge in [0, 0.05) is 27.7 Å². The standard InChI is InChI=1S/C44H30N2/c1-29-11-9-20-41(45-29)32-23-21-31(22-24-32)40-28-43-44(38-18-8-7-17-37(38)40)39-26-25-33(27-42(39)46(43)34-14-3-2-4-15-34)36-19-10-13-30-12-5-6-16-35(30)36/h2-28H,1H3. The van der Waals surface area contributed by atoms with E-state index in [1.165, 1.54) is 65.6 Å². The molecule has 7 aromatic carbocycles. The Morgan fingerprint density at radius 2 is 1.11 bits per heavy atom. The maximum atomic E-state index is 4.75. The minimum atomic E-state index is 0.998. The Hall–Kier alpha value is -5.99. The van der Waals surface area contributed by atoms with E-state index >= 15 is 0 Å². The Kier molecular flexibility index (Phi) is 6.07. The highest BCUT2D eigenvalue weighted by Crippen LogP contribution is 2.43. The summed E-state index contributed by atoms with van der Waals surface area (Å²) in [6.07, 6.45) is 0. The van der Waals surface area contributed by atoms with Crippen LogP contribution in [0.1, 0.15) is 5.69 Å². The van der Waals surface area contributed by atoms with E-state index < -0.39 is 0 Å². The largest absolute Gasteiger partial charge is 0.309 e. The molecular weight excluding hydrogens is 556 g/mol. The molecule has 0 saturated carbocycles. The van der Waals surface area contributed by atoms with Crippen LogP contribution in [0.2, 0.25) is 0 Å². The first-order valence-corrected chi connectivity index (χ1v) is 15.8. The maximum Gasteiger partial charge on any atom is 0.0705 e. The number of fused-ring (bicyclic) bond motifs is 6. The van der Waals surface area contributed by atoms with Gasteiger partial charge in [0.15, 0.2) is 0 Å². The molecule has 2 nitrogen and oxygen atoms in total. The average Bonchev–Trinajstić information content (AvgIpc) is 3.45. The van der Waals surface area contributed by atoms with E-state index in [9.17, 15) is 0 Å². The Morgan fingerprint density at radius 1 is 0.435 bits per heavy atom. The number of aryl methyl sites for hydroxylation is 1. The molecule has 216 valence electrons. The number of hydrogen-bond donors (Lipinski definition) is 0. The van der Waals surface area contributed by atoms with Crippen LogP contribution in [0.25, 0.3) is 82.5 Å². The van der Waals surface area contributed by atoms with Crippen molar-refractivity contribution in [2.75, 3.05) is 0 Å². The summed E-state index contributed by atoms with van der Waals surface area (Å²) >= 11 is 0. The average molecular weight is 587 g/mol. The van der Waals surface area contributed by atoms with Crippen molar-refractivity contribution < 1.29 is 0 Å². The fourth-order valence-electron chi connectivity index (χ4n) is 7.14. The van der Waals surface area contributed by atoms with Gasteiger partial charge in [0.25, 0.3) is 0 Å². The molecular formula is C44H30N2. The molecule has 0 saturated heterocycles. The molecule has 0 aliphatic carbocycles. The van der Waals surface area contributed by atoms with E-state index in [1.54, 1.807) is 0 Å². The number of benzene rings is 7. The predicted octanol–water partition coefficient (Wildman–Crippen LogP) is 11.8. The minimum absolute atomic E-state index is 0.998. The van der Waals surface area contributed by atoms with E-state index in [1.807, 2.05) is 13.0 Å². The van der Waals surface area contributed by atoms with Crippen molar-refractivity contribution in [2.24, 2.45) is 0 Å². The maximum absolute atomic E-state index is 4.75. The summed E-state index contributed by atoms with van der Waals surface area (Å²) in [6, 6.07) is 59.3. The van der Waals surface area contributed by atoms with Gasteiger partial charge < -0.3 is 4.57 Å². The number of rotatable bonds is 4. The molecule has 9 rings (SSSR count). The summed E-state index contributed by atoms with van der Waals surface area (Å²) in [7, 11) is 0. The third kappa shape index (κ3) is 4.22. The molecule has 46 heavy (non-hydrogen) atoms. The summed E-state index contributed by atoms with van der Waals surface area (Å²) in [6.45, 7) is 2.04. The van der Waals surface area contributed by atoms with Gasteiger partial charge in [0.2, 0.25) is 0 Å². The second-order valence-corrected chi connectivity index (χ2v) is 12.0. The van der Waals surface area contributed by atoms with Crippen LogP contribution in [-0.2, 0) is 0 Å². The van der Waals surface area contributed by atoms with E-state index in [0.717, 1.165) is 22.6 Å². The zero-order chi connectivity index (χ0) is 30.6. The van der Waals surface area contributed by atoms with Gasteiger partial charge in [-0.3, -0.25) is 4.98 Å². The lowest BCUT2D eigenvalue weighted by Gasteiger charge is -2.13. The van der Waals surface area contributed by atoms with Gasteiger partial charge >= 0.3 is 0 Å². The number of hydrogen-bond acceptors (Lipinski definition) is 1. The van der Waals surface area contributed by atoms with Crippen molar-refractivity contribution in [1.82, 2.24) is 9.55 Å². The Bertz CT molecular complexity index is 2570. The lowest BCUT2D eigenvalue weighted by molar-refractivity contribution is 1.18. The van der Waals surface area contributed by atoms with Crippen molar-refractivity contribution in [3.63, 3.8) is 0 Å². The van der Waals surface area contributed by atoms with Crippen LogP contribution in [0, 0.1) is 6.92 Å². The normalized spacial score (nSPS) is 11.6. The van der Waals surface area contributed by atoms with Gasteiger partial charge in [-0.1, -0.05) is 127 Å². The van der Waals surface area contributed by atoms with Gasteiger partial charge in [-0.2, -0.15) is 0 Å². The first-order valence-electron chi connectivity index (χ1n) is 15.8. The minimum Gasteiger partial charge on any atom is -0.309 e.